The first-order valence-corrected chi connectivity index (χ1v) is 8.84. The maximum Gasteiger partial charge on any atom is 0.126 e. The summed E-state index contributed by atoms with van der Waals surface area (Å²) in [7, 11) is 0. The molecule has 0 atom stereocenters. The summed E-state index contributed by atoms with van der Waals surface area (Å²) in [5, 5.41) is 3.19. The highest BCUT2D eigenvalue weighted by molar-refractivity contribution is 9.10. The Kier molecular flexibility index (Phi) is 4.74. The summed E-state index contributed by atoms with van der Waals surface area (Å²) >= 11 is 5.15. The van der Waals surface area contributed by atoms with Gasteiger partial charge in [-0.1, -0.05) is 28.1 Å². The summed E-state index contributed by atoms with van der Waals surface area (Å²) < 4.78 is 12.7. The van der Waals surface area contributed by atoms with Gasteiger partial charge in [-0.15, -0.1) is 11.3 Å². The van der Waals surface area contributed by atoms with Crippen molar-refractivity contribution in [2.75, 3.05) is 19.8 Å². The third-order valence-corrected chi connectivity index (χ3v) is 5.31. The maximum atomic E-state index is 6.09. The van der Waals surface area contributed by atoms with Crippen LogP contribution in [0.2, 0.25) is 0 Å². The smallest absolute Gasteiger partial charge is 0.126 e. The minimum Gasteiger partial charge on any atom is -0.381 e. The van der Waals surface area contributed by atoms with E-state index in [1.807, 2.05) is 19.1 Å². The highest BCUT2D eigenvalue weighted by Gasteiger charge is 2.38. The summed E-state index contributed by atoms with van der Waals surface area (Å²) in [4.78, 5) is 4.85. The Bertz CT molecular complexity index is 585. The molecular weight excluding hydrogens is 350 g/mol. The number of hydrogen-bond donors (Lipinski definition) is 0. The number of halogens is 1. The van der Waals surface area contributed by atoms with E-state index in [0.717, 1.165) is 46.8 Å². The Morgan fingerprint density at radius 3 is 2.67 bits per heavy atom. The number of thiazole rings is 1. The molecule has 5 heteroatoms. The number of benzene rings is 1. The summed E-state index contributed by atoms with van der Waals surface area (Å²) in [5.41, 5.74) is 1.90. The van der Waals surface area contributed by atoms with Crippen LogP contribution in [0.1, 0.15) is 24.8 Å². The zero-order valence-electron chi connectivity index (χ0n) is 12.0. The van der Waals surface area contributed by atoms with E-state index in [9.17, 15) is 0 Å². The van der Waals surface area contributed by atoms with E-state index in [1.54, 1.807) is 11.3 Å². The van der Waals surface area contributed by atoms with Crippen LogP contribution in [-0.4, -0.2) is 24.8 Å². The lowest BCUT2D eigenvalue weighted by Crippen LogP contribution is -2.36. The molecule has 0 aliphatic carbocycles. The van der Waals surface area contributed by atoms with E-state index in [1.165, 1.54) is 0 Å². The summed E-state index contributed by atoms with van der Waals surface area (Å²) in [6, 6.07) is 8.25. The average Bonchev–Trinajstić information content (AvgIpc) is 3.00. The van der Waals surface area contributed by atoms with Gasteiger partial charge in [-0.05, 0) is 19.1 Å². The monoisotopic (exact) mass is 367 g/mol. The molecule has 1 aromatic carbocycles. The Hall–Kier alpha value is -0.750. The molecule has 112 valence electrons. The predicted octanol–water partition coefficient (Wildman–Crippen LogP) is 4.61. The minimum absolute atomic E-state index is 0.259. The first-order chi connectivity index (χ1) is 10.2. The SMILES string of the molecule is CCOC1(c2nc(-c3ccc(Br)cc3)cs2)CCOCC1. The first kappa shape index (κ1) is 15.2. The fourth-order valence-corrected chi connectivity index (χ4v) is 3.94. The van der Waals surface area contributed by atoms with Gasteiger partial charge in [-0.3, -0.25) is 0 Å². The summed E-state index contributed by atoms with van der Waals surface area (Å²) in [6.07, 6.45) is 1.77. The van der Waals surface area contributed by atoms with Crippen LogP contribution in [0.15, 0.2) is 34.1 Å². The molecule has 0 radical (unpaired) electrons. The van der Waals surface area contributed by atoms with Crippen LogP contribution in [-0.2, 0) is 15.1 Å². The van der Waals surface area contributed by atoms with Crippen molar-refractivity contribution < 1.29 is 9.47 Å². The Morgan fingerprint density at radius 1 is 1.29 bits per heavy atom. The lowest BCUT2D eigenvalue weighted by molar-refractivity contribution is -0.112. The Balaban J connectivity index is 1.90. The molecule has 0 amide bonds. The molecule has 0 spiro atoms. The molecule has 1 aromatic heterocycles. The second-order valence-electron chi connectivity index (χ2n) is 5.08. The van der Waals surface area contributed by atoms with Gasteiger partial charge in [-0.25, -0.2) is 4.98 Å². The predicted molar refractivity (Wildman–Crippen MR) is 88.6 cm³/mol. The van der Waals surface area contributed by atoms with Gasteiger partial charge in [-0.2, -0.15) is 0 Å². The molecule has 0 bridgehead atoms. The minimum atomic E-state index is -0.259. The van der Waals surface area contributed by atoms with Gasteiger partial charge < -0.3 is 9.47 Å². The number of rotatable bonds is 4. The van der Waals surface area contributed by atoms with E-state index < -0.39 is 0 Å². The third kappa shape index (κ3) is 3.21. The van der Waals surface area contributed by atoms with Crippen molar-refractivity contribution in [2.24, 2.45) is 0 Å². The molecule has 0 saturated carbocycles. The van der Waals surface area contributed by atoms with Crippen molar-refractivity contribution in [2.45, 2.75) is 25.4 Å². The van der Waals surface area contributed by atoms with Crippen LogP contribution in [0.25, 0.3) is 11.3 Å². The van der Waals surface area contributed by atoms with Crippen molar-refractivity contribution in [3.8, 4) is 11.3 Å². The van der Waals surface area contributed by atoms with Crippen LogP contribution >= 0.6 is 27.3 Å². The molecule has 1 aliphatic heterocycles. The van der Waals surface area contributed by atoms with Gasteiger partial charge in [0.15, 0.2) is 0 Å². The molecule has 0 N–H and O–H groups in total. The number of ether oxygens (including phenoxy) is 2. The van der Waals surface area contributed by atoms with Crippen molar-refractivity contribution in [1.29, 1.82) is 0 Å². The molecule has 21 heavy (non-hydrogen) atoms. The van der Waals surface area contributed by atoms with Crippen molar-refractivity contribution >= 4 is 27.3 Å². The van der Waals surface area contributed by atoms with Crippen LogP contribution in [0.5, 0.6) is 0 Å². The largest absolute Gasteiger partial charge is 0.381 e. The average molecular weight is 368 g/mol. The molecule has 2 aromatic rings. The van der Waals surface area contributed by atoms with Crippen LogP contribution in [0.4, 0.5) is 0 Å². The standard InChI is InChI=1S/C16H18BrNO2S/c1-2-20-16(7-9-19-10-8-16)15-18-14(11-21-15)12-3-5-13(17)6-4-12/h3-6,11H,2,7-10H2,1H3. The second kappa shape index (κ2) is 6.57. The molecule has 1 aliphatic rings. The number of hydrogen-bond acceptors (Lipinski definition) is 4. The van der Waals surface area contributed by atoms with E-state index in [2.05, 4.69) is 33.4 Å². The lowest BCUT2D eigenvalue weighted by Gasteiger charge is -2.35. The second-order valence-corrected chi connectivity index (χ2v) is 6.86. The lowest BCUT2D eigenvalue weighted by atomic mass is 9.94. The van der Waals surface area contributed by atoms with Gasteiger partial charge >= 0.3 is 0 Å². The summed E-state index contributed by atoms with van der Waals surface area (Å²) in [6.45, 7) is 4.23. The molecule has 2 heterocycles. The van der Waals surface area contributed by atoms with Gasteiger partial charge in [0.05, 0.1) is 5.69 Å². The van der Waals surface area contributed by atoms with Crippen LogP contribution < -0.4 is 0 Å². The molecular formula is C16H18BrNO2S. The quantitative estimate of drug-likeness (QED) is 0.790. The normalized spacial score (nSPS) is 17.8. The molecule has 1 saturated heterocycles. The Labute approximate surface area is 137 Å². The molecule has 1 fully saturated rings. The van der Waals surface area contributed by atoms with E-state index >= 15 is 0 Å². The van der Waals surface area contributed by atoms with Crippen LogP contribution in [0, 0.1) is 0 Å². The third-order valence-electron chi connectivity index (χ3n) is 3.76. The van der Waals surface area contributed by atoms with E-state index in [-0.39, 0.29) is 5.60 Å². The Morgan fingerprint density at radius 2 is 2.00 bits per heavy atom. The zero-order chi connectivity index (χ0) is 14.7. The van der Waals surface area contributed by atoms with Crippen molar-refractivity contribution in [1.82, 2.24) is 4.98 Å². The van der Waals surface area contributed by atoms with Gasteiger partial charge in [0.1, 0.15) is 10.6 Å². The van der Waals surface area contributed by atoms with Crippen molar-refractivity contribution in [3.63, 3.8) is 0 Å². The molecule has 0 unspecified atom stereocenters. The number of aromatic nitrogens is 1. The van der Waals surface area contributed by atoms with Gasteiger partial charge in [0.2, 0.25) is 0 Å². The maximum absolute atomic E-state index is 6.09. The fraction of sp³-hybridized carbons (Fsp3) is 0.438. The fourth-order valence-electron chi connectivity index (χ4n) is 2.63. The van der Waals surface area contributed by atoms with Gasteiger partial charge in [0, 0.05) is 48.1 Å². The van der Waals surface area contributed by atoms with E-state index in [4.69, 9.17) is 14.5 Å². The summed E-state index contributed by atoms with van der Waals surface area (Å²) in [5.74, 6) is 0. The number of nitrogens with zero attached hydrogens (tertiary/aromatic N) is 1. The van der Waals surface area contributed by atoms with E-state index in [0.29, 0.717) is 6.61 Å². The topological polar surface area (TPSA) is 31.4 Å². The first-order valence-electron chi connectivity index (χ1n) is 7.17. The highest BCUT2D eigenvalue weighted by Crippen LogP contribution is 2.39. The van der Waals surface area contributed by atoms with Crippen molar-refractivity contribution in [3.05, 3.63) is 39.1 Å². The van der Waals surface area contributed by atoms with Gasteiger partial charge in [0.25, 0.3) is 0 Å². The molecule has 3 nitrogen and oxygen atoms in total. The van der Waals surface area contributed by atoms with Crippen LogP contribution in [0.3, 0.4) is 0 Å². The molecule has 3 rings (SSSR count). The highest BCUT2D eigenvalue weighted by atomic mass is 79.9. The zero-order valence-corrected chi connectivity index (χ0v) is 14.4.